The number of sulfonamides is 1. The summed E-state index contributed by atoms with van der Waals surface area (Å²) < 4.78 is 38.7. The summed E-state index contributed by atoms with van der Waals surface area (Å²) >= 11 is 11.8. The van der Waals surface area contributed by atoms with E-state index in [1.165, 1.54) is 25.1 Å². The molecule has 1 N–H and O–H groups in total. The van der Waals surface area contributed by atoms with Gasteiger partial charge in [0.2, 0.25) is 15.9 Å². The summed E-state index contributed by atoms with van der Waals surface area (Å²) in [5, 5.41) is 2.76. The first-order chi connectivity index (χ1) is 12.0. The number of anilines is 2. The van der Waals surface area contributed by atoms with Crippen molar-refractivity contribution in [2.45, 2.75) is 19.9 Å². The Morgan fingerprint density at radius 1 is 1.15 bits per heavy atom. The third-order valence-corrected chi connectivity index (χ3v) is 5.62. The number of benzene rings is 2. The summed E-state index contributed by atoms with van der Waals surface area (Å²) in [6.45, 7) is 3.22. The second kappa shape index (κ2) is 7.82. The molecule has 0 aliphatic rings. The van der Waals surface area contributed by atoms with Crippen LogP contribution in [0.3, 0.4) is 0 Å². The molecule has 0 spiro atoms. The second-order valence-electron chi connectivity index (χ2n) is 5.79. The number of nitrogens with zero attached hydrogens (tertiary/aromatic N) is 1. The largest absolute Gasteiger partial charge is 0.324 e. The monoisotopic (exact) mass is 418 g/mol. The summed E-state index contributed by atoms with van der Waals surface area (Å²) in [5.74, 6) is -1.22. The Morgan fingerprint density at radius 2 is 1.81 bits per heavy atom. The smallest absolute Gasteiger partial charge is 0.247 e. The zero-order valence-electron chi connectivity index (χ0n) is 14.3. The first-order valence-corrected chi connectivity index (χ1v) is 10.1. The summed E-state index contributed by atoms with van der Waals surface area (Å²) in [4.78, 5) is 12.5. The van der Waals surface area contributed by atoms with Crippen LogP contribution in [-0.2, 0) is 14.8 Å². The highest BCUT2D eigenvalue weighted by Crippen LogP contribution is 2.27. The molecule has 1 unspecified atom stereocenters. The predicted molar refractivity (Wildman–Crippen MR) is 103 cm³/mol. The third-order valence-electron chi connectivity index (χ3n) is 3.69. The molecule has 0 aliphatic heterocycles. The zero-order valence-corrected chi connectivity index (χ0v) is 16.6. The molecule has 9 heteroatoms. The molecule has 0 aromatic heterocycles. The predicted octanol–water partition coefficient (Wildman–Crippen LogP) is 4.23. The van der Waals surface area contributed by atoms with E-state index in [-0.39, 0.29) is 16.4 Å². The van der Waals surface area contributed by atoms with Gasteiger partial charge in [-0.3, -0.25) is 9.10 Å². The van der Waals surface area contributed by atoms with Crippen molar-refractivity contribution in [1.82, 2.24) is 0 Å². The van der Waals surface area contributed by atoms with Crippen molar-refractivity contribution in [3.8, 4) is 0 Å². The maximum Gasteiger partial charge on any atom is 0.247 e. The van der Waals surface area contributed by atoms with E-state index in [9.17, 15) is 17.6 Å². The number of hydrogen-bond acceptors (Lipinski definition) is 3. The molecule has 5 nitrogen and oxygen atoms in total. The quantitative estimate of drug-likeness (QED) is 0.789. The maximum absolute atomic E-state index is 13.2. The van der Waals surface area contributed by atoms with E-state index in [1.807, 2.05) is 0 Å². The molecular formula is C17H17Cl2FN2O3S. The van der Waals surface area contributed by atoms with Crippen molar-refractivity contribution in [3.05, 3.63) is 57.8 Å². The molecule has 2 aromatic carbocycles. The van der Waals surface area contributed by atoms with Crippen molar-refractivity contribution in [3.63, 3.8) is 0 Å². The number of hydrogen-bond donors (Lipinski definition) is 1. The van der Waals surface area contributed by atoms with E-state index in [1.54, 1.807) is 19.1 Å². The molecule has 0 radical (unpaired) electrons. The second-order valence-corrected chi connectivity index (χ2v) is 8.46. The molecule has 1 atom stereocenters. The minimum atomic E-state index is -3.77. The third kappa shape index (κ3) is 4.66. The van der Waals surface area contributed by atoms with Crippen molar-refractivity contribution >= 4 is 50.5 Å². The topological polar surface area (TPSA) is 66.5 Å². The van der Waals surface area contributed by atoms with Crippen molar-refractivity contribution in [1.29, 1.82) is 0 Å². The average molecular weight is 419 g/mol. The van der Waals surface area contributed by atoms with Gasteiger partial charge in [-0.2, -0.15) is 0 Å². The first kappa shape index (κ1) is 20.5. The van der Waals surface area contributed by atoms with Gasteiger partial charge in [-0.05, 0) is 49.7 Å². The van der Waals surface area contributed by atoms with Gasteiger partial charge < -0.3 is 5.32 Å². The molecule has 0 aliphatic carbocycles. The van der Waals surface area contributed by atoms with Crippen LogP contribution in [0.15, 0.2) is 36.4 Å². The molecule has 26 heavy (non-hydrogen) atoms. The van der Waals surface area contributed by atoms with Crippen LogP contribution in [0.5, 0.6) is 0 Å². The Balaban J connectivity index is 2.34. The highest BCUT2D eigenvalue weighted by Gasteiger charge is 2.29. The Bertz CT molecular complexity index is 951. The van der Waals surface area contributed by atoms with Gasteiger partial charge in [0.1, 0.15) is 11.9 Å². The number of aryl methyl sites for hydroxylation is 1. The molecule has 0 bridgehead atoms. The lowest BCUT2D eigenvalue weighted by Crippen LogP contribution is -2.45. The lowest BCUT2D eigenvalue weighted by atomic mass is 10.2. The van der Waals surface area contributed by atoms with Crippen LogP contribution in [0.25, 0.3) is 0 Å². The zero-order chi connectivity index (χ0) is 19.6. The Hall–Kier alpha value is -1.83. The van der Waals surface area contributed by atoms with E-state index in [0.29, 0.717) is 5.02 Å². The highest BCUT2D eigenvalue weighted by molar-refractivity contribution is 7.92. The van der Waals surface area contributed by atoms with Crippen LogP contribution < -0.4 is 9.62 Å². The summed E-state index contributed by atoms with van der Waals surface area (Å²) in [7, 11) is -3.77. The molecule has 0 fully saturated rings. The summed E-state index contributed by atoms with van der Waals surface area (Å²) in [5.41, 5.74) is 1.30. The van der Waals surface area contributed by atoms with Crippen LogP contribution in [0.4, 0.5) is 15.8 Å². The highest BCUT2D eigenvalue weighted by atomic mass is 35.5. The molecular weight excluding hydrogens is 402 g/mol. The van der Waals surface area contributed by atoms with E-state index in [2.05, 4.69) is 5.32 Å². The number of halogens is 3. The molecule has 2 aromatic rings. The number of carbonyl (C=O) groups is 1. The molecule has 140 valence electrons. The van der Waals surface area contributed by atoms with Crippen LogP contribution in [0.1, 0.15) is 12.5 Å². The summed E-state index contributed by atoms with van der Waals surface area (Å²) in [6, 6.07) is 7.33. The molecule has 0 saturated carbocycles. The maximum atomic E-state index is 13.2. The van der Waals surface area contributed by atoms with Gasteiger partial charge in [-0.25, -0.2) is 12.8 Å². The number of carbonyl (C=O) groups excluding carboxylic acids is 1. The standard InChI is InChI=1S/C17H17Cl2FN2O3S/c1-10-4-6-13(9-14(10)18)22(26(3,24)25)11(2)17(23)21-12-5-7-16(20)15(19)8-12/h4-9,11H,1-3H3,(H,21,23). The Labute approximate surface area is 161 Å². The van der Waals surface area contributed by atoms with Gasteiger partial charge in [0.25, 0.3) is 0 Å². The van der Waals surface area contributed by atoms with Gasteiger partial charge >= 0.3 is 0 Å². The van der Waals surface area contributed by atoms with Gasteiger partial charge in [0.15, 0.2) is 0 Å². The fourth-order valence-electron chi connectivity index (χ4n) is 2.35. The molecule has 2 rings (SSSR count). The van der Waals surface area contributed by atoms with Crippen LogP contribution in [0.2, 0.25) is 10.0 Å². The van der Waals surface area contributed by atoms with E-state index in [4.69, 9.17) is 23.2 Å². The first-order valence-electron chi connectivity index (χ1n) is 7.52. The van der Waals surface area contributed by atoms with Crippen LogP contribution >= 0.6 is 23.2 Å². The lowest BCUT2D eigenvalue weighted by Gasteiger charge is -2.28. The van der Waals surface area contributed by atoms with Crippen LogP contribution in [0, 0.1) is 12.7 Å². The van der Waals surface area contributed by atoms with Gasteiger partial charge in [0, 0.05) is 10.7 Å². The van der Waals surface area contributed by atoms with E-state index in [0.717, 1.165) is 22.2 Å². The average Bonchev–Trinajstić information content (AvgIpc) is 2.53. The Kier molecular flexibility index (Phi) is 6.16. The van der Waals surface area contributed by atoms with Gasteiger partial charge in [0.05, 0.1) is 17.0 Å². The number of rotatable bonds is 5. The van der Waals surface area contributed by atoms with E-state index >= 15 is 0 Å². The molecule has 0 heterocycles. The lowest BCUT2D eigenvalue weighted by molar-refractivity contribution is -0.116. The van der Waals surface area contributed by atoms with Crippen molar-refractivity contribution in [2.75, 3.05) is 15.9 Å². The summed E-state index contributed by atoms with van der Waals surface area (Å²) in [6.07, 6.45) is 0.999. The fourth-order valence-corrected chi connectivity index (χ4v) is 3.87. The van der Waals surface area contributed by atoms with Crippen molar-refractivity contribution < 1.29 is 17.6 Å². The number of nitrogens with one attached hydrogen (secondary N) is 1. The fraction of sp³-hybridized carbons (Fsp3) is 0.235. The van der Waals surface area contributed by atoms with Gasteiger partial charge in [-0.1, -0.05) is 29.3 Å². The Morgan fingerprint density at radius 3 is 2.35 bits per heavy atom. The minimum Gasteiger partial charge on any atom is -0.324 e. The SMILES string of the molecule is Cc1ccc(N(C(C)C(=O)Nc2ccc(F)c(Cl)c2)S(C)(=O)=O)cc1Cl. The van der Waals surface area contributed by atoms with Crippen molar-refractivity contribution in [2.24, 2.45) is 0 Å². The molecule has 0 saturated heterocycles. The molecule has 1 amide bonds. The van der Waals surface area contributed by atoms with Crippen LogP contribution in [-0.4, -0.2) is 26.6 Å². The number of amides is 1. The van der Waals surface area contributed by atoms with Gasteiger partial charge in [-0.15, -0.1) is 0 Å². The van der Waals surface area contributed by atoms with E-state index < -0.39 is 27.8 Å². The normalized spacial score (nSPS) is 12.5. The minimum absolute atomic E-state index is 0.152.